The Hall–Kier alpha value is -1.50. The molecule has 0 unspecified atom stereocenters. The summed E-state index contributed by atoms with van der Waals surface area (Å²) in [4.78, 5) is 26.8. The molecule has 0 saturated heterocycles. The fourth-order valence-electron chi connectivity index (χ4n) is 7.30. The van der Waals surface area contributed by atoms with E-state index >= 15 is 0 Å². The van der Waals surface area contributed by atoms with Crippen LogP contribution < -0.4 is 0 Å². The molecule has 178 valence electrons. The lowest BCUT2D eigenvalue weighted by atomic mass is 9.59. The maximum Gasteiger partial charge on any atom is 0.306 e. The number of ether oxygens (including phenoxy) is 1. The third-order valence-corrected chi connectivity index (χ3v) is 9.13. The van der Waals surface area contributed by atoms with Crippen molar-refractivity contribution in [1.29, 1.82) is 0 Å². The maximum absolute atomic E-state index is 14.2. The second-order valence-corrected chi connectivity index (χ2v) is 11.2. The van der Waals surface area contributed by atoms with Crippen LogP contribution in [0.3, 0.4) is 0 Å². The largest absolute Gasteiger partial charge is 0.455 e. The van der Waals surface area contributed by atoms with E-state index in [4.69, 9.17) is 4.74 Å². The normalized spacial score (nSPS) is 43.9. The number of fused-ring (bicyclic) bond motifs is 3. The van der Waals surface area contributed by atoms with Crippen LogP contribution >= 0.6 is 0 Å². The Labute approximate surface area is 190 Å². The summed E-state index contributed by atoms with van der Waals surface area (Å²) in [7, 11) is 0. The third-order valence-electron chi connectivity index (χ3n) is 9.13. The van der Waals surface area contributed by atoms with Crippen LogP contribution in [-0.4, -0.2) is 51.5 Å². The molecule has 0 aliphatic heterocycles. The molecule has 4 aliphatic rings. The zero-order valence-electron chi connectivity index (χ0n) is 19.9. The number of hydrogen-bond donors (Lipinski definition) is 3. The molecule has 2 saturated carbocycles. The number of allylic oxidation sites excluding steroid dienone is 1. The second-order valence-electron chi connectivity index (χ2n) is 11.2. The summed E-state index contributed by atoms with van der Waals surface area (Å²) in [6, 6.07) is 0. The lowest BCUT2D eigenvalue weighted by molar-refractivity contribution is -0.203. The van der Waals surface area contributed by atoms with Crippen LogP contribution in [0.5, 0.6) is 0 Å². The molecule has 1 spiro atoms. The topological polar surface area (TPSA) is 104 Å². The minimum atomic E-state index is -2.04. The molecule has 0 amide bonds. The number of hydrogen-bond acceptors (Lipinski definition) is 6. The number of unbranched alkanes of at least 4 members (excludes halogenated alkanes) is 2. The summed E-state index contributed by atoms with van der Waals surface area (Å²) in [5, 5.41) is 33.8. The quantitative estimate of drug-likeness (QED) is 0.329. The van der Waals surface area contributed by atoms with Crippen LogP contribution in [0.1, 0.15) is 66.7 Å². The molecule has 4 rings (SSSR count). The SMILES string of the molecule is CCCCCC(=O)O[C@H]1C(C)=C[C@]23C(=O)[C@@H](C=C(CO)[C@@H](O)[C@]12O)[C@H]1[C@@H](C[C@H]3C)C1(C)C. The Bertz CT molecular complexity index is 872. The van der Waals surface area contributed by atoms with Crippen molar-refractivity contribution in [2.24, 2.45) is 34.5 Å². The molecule has 3 N–H and O–H groups in total. The van der Waals surface area contributed by atoms with E-state index in [1.165, 1.54) is 0 Å². The summed E-state index contributed by atoms with van der Waals surface area (Å²) in [5.41, 5.74) is -2.60. The highest BCUT2D eigenvalue weighted by molar-refractivity contribution is 5.95. The van der Waals surface area contributed by atoms with Gasteiger partial charge in [0.15, 0.2) is 17.5 Å². The van der Waals surface area contributed by atoms with Crippen molar-refractivity contribution in [3.63, 3.8) is 0 Å². The van der Waals surface area contributed by atoms with E-state index in [0.717, 1.165) is 19.3 Å². The molecule has 2 bridgehead atoms. The fourth-order valence-corrected chi connectivity index (χ4v) is 7.30. The number of rotatable bonds is 6. The zero-order chi connectivity index (χ0) is 23.6. The Morgan fingerprint density at radius 2 is 1.97 bits per heavy atom. The van der Waals surface area contributed by atoms with Crippen LogP contribution in [0.2, 0.25) is 0 Å². The van der Waals surface area contributed by atoms with Gasteiger partial charge in [-0.3, -0.25) is 9.59 Å². The molecule has 32 heavy (non-hydrogen) atoms. The van der Waals surface area contributed by atoms with E-state index in [-0.39, 0.29) is 35.0 Å². The smallest absolute Gasteiger partial charge is 0.306 e. The van der Waals surface area contributed by atoms with Gasteiger partial charge in [0.05, 0.1) is 12.0 Å². The highest BCUT2D eigenvalue weighted by atomic mass is 16.6. The van der Waals surface area contributed by atoms with Gasteiger partial charge in [0.25, 0.3) is 0 Å². The number of carbonyl (C=O) groups excluding carboxylic acids is 2. The molecule has 6 heteroatoms. The average molecular weight is 447 g/mol. The van der Waals surface area contributed by atoms with Gasteiger partial charge in [-0.15, -0.1) is 0 Å². The van der Waals surface area contributed by atoms with Crippen LogP contribution in [0.25, 0.3) is 0 Å². The predicted molar refractivity (Wildman–Crippen MR) is 119 cm³/mol. The van der Waals surface area contributed by atoms with Gasteiger partial charge >= 0.3 is 5.97 Å². The Morgan fingerprint density at radius 1 is 1.28 bits per heavy atom. The molecule has 8 atom stereocenters. The first-order chi connectivity index (χ1) is 15.0. The molecule has 0 aromatic heterocycles. The fraction of sp³-hybridized carbons (Fsp3) is 0.769. The summed E-state index contributed by atoms with van der Waals surface area (Å²) in [6.07, 6.45) is 4.36. The first-order valence-corrected chi connectivity index (χ1v) is 12.1. The Morgan fingerprint density at radius 3 is 2.59 bits per heavy atom. The van der Waals surface area contributed by atoms with Gasteiger partial charge in [-0.2, -0.15) is 0 Å². The van der Waals surface area contributed by atoms with Gasteiger partial charge in [0.2, 0.25) is 0 Å². The van der Waals surface area contributed by atoms with Crippen molar-refractivity contribution in [3.05, 3.63) is 23.3 Å². The molecule has 2 fully saturated rings. The highest BCUT2D eigenvalue weighted by Crippen LogP contribution is 2.71. The summed E-state index contributed by atoms with van der Waals surface area (Å²) < 4.78 is 5.79. The molecular formula is C26H38O6. The molecule has 0 aromatic rings. The van der Waals surface area contributed by atoms with Crippen molar-refractivity contribution in [1.82, 2.24) is 0 Å². The first-order valence-electron chi connectivity index (χ1n) is 12.1. The number of esters is 1. The Kier molecular flexibility index (Phi) is 5.75. The molecule has 0 heterocycles. The van der Waals surface area contributed by atoms with E-state index in [2.05, 4.69) is 13.8 Å². The van der Waals surface area contributed by atoms with Crippen molar-refractivity contribution in [2.45, 2.75) is 84.5 Å². The van der Waals surface area contributed by atoms with Gasteiger partial charge in [0.1, 0.15) is 6.10 Å². The highest BCUT2D eigenvalue weighted by Gasteiger charge is 2.76. The first kappa shape index (κ1) is 23.7. The lowest BCUT2D eigenvalue weighted by Crippen LogP contribution is -2.65. The van der Waals surface area contributed by atoms with Gasteiger partial charge < -0.3 is 20.1 Å². The average Bonchev–Trinajstić information content (AvgIpc) is 3.22. The second kappa shape index (κ2) is 7.78. The molecule has 0 aromatic carbocycles. The monoisotopic (exact) mass is 446 g/mol. The minimum absolute atomic E-state index is 0.0107. The van der Waals surface area contributed by atoms with Crippen LogP contribution in [0.4, 0.5) is 0 Å². The lowest BCUT2D eigenvalue weighted by Gasteiger charge is -2.48. The number of carbonyl (C=O) groups is 2. The zero-order valence-corrected chi connectivity index (χ0v) is 19.9. The van der Waals surface area contributed by atoms with E-state index in [1.54, 1.807) is 19.1 Å². The molecule has 6 nitrogen and oxygen atoms in total. The third kappa shape index (κ3) is 2.95. The van der Waals surface area contributed by atoms with Crippen LogP contribution in [0.15, 0.2) is 23.3 Å². The van der Waals surface area contributed by atoms with E-state index < -0.39 is 41.7 Å². The number of aliphatic hydroxyl groups is 3. The van der Waals surface area contributed by atoms with Gasteiger partial charge in [-0.05, 0) is 54.1 Å². The maximum atomic E-state index is 14.2. The molecule has 0 radical (unpaired) electrons. The summed E-state index contributed by atoms with van der Waals surface area (Å²) in [5.74, 6) is -0.880. The number of ketones is 1. The molecule has 4 aliphatic carbocycles. The molecular weight excluding hydrogens is 408 g/mol. The van der Waals surface area contributed by atoms with E-state index in [1.807, 2.05) is 13.8 Å². The number of aliphatic hydroxyl groups excluding tert-OH is 2. The summed E-state index contributed by atoms with van der Waals surface area (Å²) in [6.45, 7) is 9.63. The van der Waals surface area contributed by atoms with E-state index in [9.17, 15) is 24.9 Å². The van der Waals surface area contributed by atoms with Gasteiger partial charge in [-0.25, -0.2) is 0 Å². The predicted octanol–water partition coefficient (Wildman–Crippen LogP) is 2.95. The van der Waals surface area contributed by atoms with Crippen LogP contribution in [0, 0.1) is 34.5 Å². The van der Waals surface area contributed by atoms with Gasteiger partial charge in [-0.1, -0.05) is 52.7 Å². The minimum Gasteiger partial charge on any atom is -0.455 e. The van der Waals surface area contributed by atoms with Crippen molar-refractivity contribution in [2.75, 3.05) is 6.61 Å². The van der Waals surface area contributed by atoms with Crippen molar-refractivity contribution in [3.8, 4) is 0 Å². The van der Waals surface area contributed by atoms with Crippen LogP contribution in [-0.2, 0) is 14.3 Å². The number of Topliss-reactive ketones (excluding diaryl/α,β-unsaturated/α-hetero) is 1. The van der Waals surface area contributed by atoms with E-state index in [0.29, 0.717) is 17.9 Å². The van der Waals surface area contributed by atoms with Crippen molar-refractivity contribution < 1.29 is 29.6 Å². The summed E-state index contributed by atoms with van der Waals surface area (Å²) >= 11 is 0. The van der Waals surface area contributed by atoms with Crippen molar-refractivity contribution >= 4 is 11.8 Å². The van der Waals surface area contributed by atoms with Gasteiger partial charge in [0, 0.05) is 12.3 Å². The standard InChI is InChI=1S/C26H38O6/c1-6-7-8-9-19(28)32-23-14(2)12-25-15(3)10-18-20(24(18,4)5)17(22(25)30)11-16(13-27)21(29)26(23,25)31/h11-12,15,17-18,20-21,23,27,29,31H,6-10,13H2,1-5H3/t15-,17+,18-,20+,21-,23+,25+,26+/m1/s1. The Balaban J connectivity index is 1.80.